The average Bonchev–Trinajstić information content (AvgIpc) is 2.69. The van der Waals surface area contributed by atoms with Crippen molar-refractivity contribution in [3.05, 3.63) is 0 Å². The summed E-state index contributed by atoms with van der Waals surface area (Å²) in [5.74, 6) is -1.31. The van der Waals surface area contributed by atoms with E-state index in [0.717, 1.165) is 12.8 Å². The number of ether oxygens (including phenoxy) is 6. The van der Waals surface area contributed by atoms with Crippen LogP contribution in [0.5, 0.6) is 0 Å². The second kappa shape index (κ2) is 13.8. The normalized spacial score (nSPS) is 25.8. The van der Waals surface area contributed by atoms with E-state index in [1.165, 1.54) is 34.1 Å². The highest BCUT2D eigenvalue weighted by Crippen LogP contribution is 2.37. The molecule has 10 heteroatoms. The second-order valence-corrected chi connectivity index (χ2v) is 9.73. The van der Waals surface area contributed by atoms with Crippen molar-refractivity contribution >= 4 is 23.9 Å². The fourth-order valence-corrected chi connectivity index (χ4v) is 4.61. The van der Waals surface area contributed by atoms with Crippen molar-refractivity contribution < 1.29 is 47.6 Å². The Morgan fingerprint density at radius 1 is 0.886 bits per heavy atom. The monoisotopic (exact) mass is 500 g/mol. The minimum atomic E-state index is -0.812. The molecule has 35 heavy (non-hydrogen) atoms. The Balaban J connectivity index is 2.20. The zero-order valence-electron chi connectivity index (χ0n) is 21.7. The van der Waals surface area contributed by atoms with Gasteiger partial charge in [0.1, 0.15) is 18.3 Å². The van der Waals surface area contributed by atoms with Gasteiger partial charge in [-0.3, -0.25) is 19.2 Å². The Labute approximate surface area is 207 Å². The number of carbonyl (C=O) groups excluding carboxylic acids is 4. The summed E-state index contributed by atoms with van der Waals surface area (Å²) in [6.45, 7) is 9.28. The fourth-order valence-electron chi connectivity index (χ4n) is 4.61. The van der Waals surface area contributed by atoms with Gasteiger partial charge in [0.05, 0.1) is 13.2 Å². The summed E-state index contributed by atoms with van der Waals surface area (Å²) in [4.78, 5) is 46.5. The molecule has 0 aromatic carbocycles. The van der Waals surface area contributed by atoms with Gasteiger partial charge in [-0.2, -0.15) is 0 Å². The Morgan fingerprint density at radius 3 is 2.03 bits per heavy atom. The molecule has 1 heterocycles. The van der Waals surface area contributed by atoms with Crippen LogP contribution in [0.2, 0.25) is 0 Å². The van der Waals surface area contributed by atoms with Crippen molar-refractivity contribution in [2.45, 2.75) is 104 Å². The highest BCUT2D eigenvalue weighted by molar-refractivity contribution is 5.67. The molecule has 0 aromatic heterocycles. The predicted octanol–water partition coefficient (Wildman–Crippen LogP) is 2.94. The summed E-state index contributed by atoms with van der Waals surface area (Å²) in [6.07, 6.45) is 0.669. The van der Waals surface area contributed by atoms with Gasteiger partial charge in [0, 0.05) is 40.0 Å². The van der Waals surface area contributed by atoms with Gasteiger partial charge in [0.25, 0.3) is 0 Å². The van der Waals surface area contributed by atoms with Crippen molar-refractivity contribution in [1.29, 1.82) is 0 Å². The third-order valence-electron chi connectivity index (χ3n) is 6.58. The summed E-state index contributed by atoms with van der Waals surface area (Å²) in [7, 11) is 0. The summed E-state index contributed by atoms with van der Waals surface area (Å²) < 4.78 is 33.7. The molecule has 7 atom stereocenters. The van der Waals surface area contributed by atoms with Gasteiger partial charge in [-0.15, -0.1) is 0 Å². The number of hydrogen-bond donors (Lipinski definition) is 0. The fraction of sp³-hybridized carbons (Fsp3) is 0.840. The Kier molecular flexibility index (Phi) is 11.4. The lowest BCUT2D eigenvalue weighted by molar-refractivity contribution is -0.262. The highest BCUT2D eigenvalue weighted by Gasteiger charge is 2.41. The molecule has 2 aliphatic rings. The first-order valence-electron chi connectivity index (χ1n) is 12.4. The van der Waals surface area contributed by atoms with Crippen LogP contribution in [-0.4, -0.2) is 67.8 Å². The lowest BCUT2D eigenvalue weighted by Crippen LogP contribution is -2.50. The molecule has 0 N–H and O–H groups in total. The van der Waals surface area contributed by atoms with Gasteiger partial charge in [0.15, 0.2) is 12.4 Å². The summed E-state index contributed by atoms with van der Waals surface area (Å²) >= 11 is 0. The van der Waals surface area contributed by atoms with Crippen LogP contribution in [0.4, 0.5) is 0 Å². The molecule has 1 aliphatic heterocycles. The standard InChI is InChI=1S/C25H40O10/c1-14(20-8-7-9-20)10-22(33-18(5)28)25(15(2)12-30-16(3)26)35-24-11-21(32-17(4)27)23(13-31-24)34-19(6)29/h14-15,20-25H,7-13H2,1-6H3/t14?,15-,21-,22-,23-,24?,25-/m1/s1. The molecule has 0 bridgehead atoms. The first-order chi connectivity index (χ1) is 16.5. The Morgan fingerprint density at radius 2 is 1.51 bits per heavy atom. The average molecular weight is 501 g/mol. The molecule has 0 amide bonds. The van der Waals surface area contributed by atoms with Crippen molar-refractivity contribution in [1.82, 2.24) is 0 Å². The Hall–Kier alpha value is -2.20. The maximum absolute atomic E-state index is 12.0. The molecular formula is C25H40O10. The molecule has 1 aliphatic carbocycles. The minimum absolute atomic E-state index is 0.0239. The number of rotatable bonds is 12. The Bertz CT molecular complexity index is 734. The van der Waals surface area contributed by atoms with Crippen LogP contribution in [0, 0.1) is 17.8 Å². The zero-order chi connectivity index (χ0) is 26.1. The molecule has 200 valence electrons. The van der Waals surface area contributed by atoms with Gasteiger partial charge in [-0.25, -0.2) is 0 Å². The van der Waals surface area contributed by atoms with Crippen molar-refractivity contribution in [2.24, 2.45) is 17.8 Å². The topological polar surface area (TPSA) is 124 Å². The second-order valence-electron chi connectivity index (χ2n) is 9.73. The smallest absolute Gasteiger partial charge is 0.303 e. The van der Waals surface area contributed by atoms with E-state index in [1.54, 1.807) is 0 Å². The first-order valence-corrected chi connectivity index (χ1v) is 12.4. The molecule has 0 spiro atoms. The lowest BCUT2D eigenvalue weighted by Gasteiger charge is -2.40. The van der Waals surface area contributed by atoms with Crippen LogP contribution in [-0.2, 0) is 47.6 Å². The van der Waals surface area contributed by atoms with Crippen LogP contribution in [0.25, 0.3) is 0 Å². The molecule has 2 fully saturated rings. The van der Waals surface area contributed by atoms with Crippen molar-refractivity contribution in [3.8, 4) is 0 Å². The molecule has 1 saturated heterocycles. The van der Waals surface area contributed by atoms with Crippen LogP contribution < -0.4 is 0 Å². The van der Waals surface area contributed by atoms with E-state index in [4.69, 9.17) is 28.4 Å². The maximum atomic E-state index is 12.0. The predicted molar refractivity (Wildman–Crippen MR) is 123 cm³/mol. The van der Waals surface area contributed by atoms with Crippen molar-refractivity contribution in [3.63, 3.8) is 0 Å². The third kappa shape index (κ3) is 9.76. The van der Waals surface area contributed by atoms with E-state index in [0.29, 0.717) is 18.3 Å². The lowest BCUT2D eigenvalue weighted by atomic mass is 9.74. The molecule has 10 nitrogen and oxygen atoms in total. The van der Waals surface area contributed by atoms with Crippen LogP contribution in [0.1, 0.15) is 73.6 Å². The largest absolute Gasteiger partial charge is 0.465 e. The van der Waals surface area contributed by atoms with E-state index in [-0.39, 0.29) is 25.6 Å². The minimum Gasteiger partial charge on any atom is -0.465 e. The number of esters is 4. The SMILES string of the molecule is CC(=O)OC[C@@H](C)[C@@H](OC1C[C@@H](OC(C)=O)[C@H](OC(C)=O)CO1)[C@@H](CC(C)C1CCC1)OC(C)=O. The van der Waals surface area contributed by atoms with E-state index in [2.05, 4.69) is 6.92 Å². The molecule has 0 radical (unpaired) electrons. The highest BCUT2D eigenvalue weighted by atomic mass is 16.7. The third-order valence-corrected chi connectivity index (χ3v) is 6.58. The first kappa shape index (κ1) is 29.0. The van der Waals surface area contributed by atoms with Gasteiger partial charge in [0.2, 0.25) is 0 Å². The molecule has 2 rings (SSSR count). The van der Waals surface area contributed by atoms with E-state index in [1.807, 2.05) is 6.92 Å². The van der Waals surface area contributed by atoms with E-state index < -0.39 is 54.6 Å². The zero-order valence-corrected chi connectivity index (χ0v) is 21.7. The van der Waals surface area contributed by atoms with Gasteiger partial charge in [-0.1, -0.05) is 33.1 Å². The number of hydrogen-bond acceptors (Lipinski definition) is 10. The number of carbonyl (C=O) groups is 4. The van der Waals surface area contributed by atoms with Crippen molar-refractivity contribution in [2.75, 3.05) is 13.2 Å². The van der Waals surface area contributed by atoms with E-state index >= 15 is 0 Å². The van der Waals surface area contributed by atoms with Gasteiger partial charge in [-0.05, 0) is 18.3 Å². The summed E-state index contributed by atoms with van der Waals surface area (Å²) in [6, 6.07) is 0. The molecule has 2 unspecified atom stereocenters. The molecular weight excluding hydrogens is 460 g/mol. The van der Waals surface area contributed by atoms with Gasteiger partial charge < -0.3 is 28.4 Å². The van der Waals surface area contributed by atoms with Gasteiger partial charge >= 0.3 is 23.9 Å². The summed E-state index contributed by atoms with van der Waals surface area (Å²) in [5, 5.41) is 0. The quantitative estimate of drug-likeness (QED) is 0.292. The van der Waals surface area contributed by atoms with Crippen LogP contribution in [0.3, 0.4) is 0 Å². The molecule has 1 saturated carbocycles. The van der Waals surface area contributed by atoms with E-state index in [9.17, 15) is 19.2 Å². The maximum Gasteiger partial charge on any atom is 0.303 e. The van der Waals surface area contributed by atoms with Crippen LogP contribution in [0.15, 0.2) is 0 Å². The molecule has 0 aromatic rings. The van der Waals surface area contributed by atoms with Crippen LogP contribution >= 0.6 is 0 Å². The summed E-state index contributed by atoms with van der Waals surface area (Å²) in [5.41, 5.74) is 0.